The topological polar surface area (TPSA) is 42.7 Å². The van der Waals surface area contributed by atoms with Crippen LogP contribution < -0.4 is 10.9 Å². The van der Waals surface area contributed by atoms with Gasteiger partial charge in [-0.2, -0.15) is 0 Å². The zero-order valence-electron chi connectivity index (χ0n) is 8.23. The molecule has 0 aliphatic heterocycles. The SMILES string of the molecule is Bc1cc(Nn2cnnc2)ccc1C. The maximum atomic E-state index is 3.71. The molecule has 0 fully saturated rings. The Kier molecular flexibility index (Phi) is 2.22. The number of aromatic nitrogens is 3. The molecule has 1 N–H and O–H groups in total. The molecule has 1 heterocycles. The van der Waals surface area contributed by atoms with E-state index in [4.69, 9.17) is 0 Å². The molecular weight excluding hydrogens is 175 g/mol. The van der Waals surface area contributed by atoms with Crippen molar-refractivity contribution in [2.45, 2.75) is 6.92 Å². The van der Waals surface area contributed by atoms with Gasteiger partial charge in [-0.25, -0.2) is 4.68 Å². The van der Waals surface area contributed by atoms with Crippen molar-refractivity contribution in [3.05, 3.63) is 36.4 Å². The summed E-state index contributed by atoms with van der Waals surface area (Å²) in [5.74, 6) is 0. The van der Waals surface area contributed by atoms with E-state index in [-0.39, 0.29) is 0 Å². The molecule has 0 saturated heterocycles. The molecule has 0 aliphatic carbocycles. The Morgan fingerprint density at radius 2 is 2.00 bits per heavy atom. The molecule has 1 aromatic carbocycles. The smallest absolute Gasteiger partial charge is 0.139 e. The quantitative estimate of drug-likeness (QED) is 0.656. The number of nitrogens with zero attached hydrogens (tertiary/aromatic N) is 3. The Bertz CT molecular complexity index is 424. The van der Waals surface area contributed by atoms with Gasteiger partial charge in [0.25, 0.3) is 0 Å². The van der Waals surface area contributed by atoms with Crippen molar-refractivity contribution in [1.82, 2.24) is 14.9 Å². The maximum absolute atomic E-state index is 3.71. The number of hydrogen-bond acceptors (Lipinski definition) is 3. The summed E-state index contributed by atoms with van der Waals surface area (Å²) < 4.78 is 1.71. The lowest BCUT2D eigenvalue weighted by molar-refractivity contribution is 0.952. The summed E-state index contributed by atoms with van der Waals surface area (Å²) >= 11 is 0. The number of rotatable bonds is 2. The van der Waals surface area contributed by atoms with E-state index < -0.39 is 0 Å². The first kappa shape index (κ1) is 8.81. The lowest BCUT2D eigenvalue weighted by atomic mass is 9.91. The molecule has 70 valence electrons. The normalized spacial score (nSPS) is 10.1. The fraction of sp³-hybridized carbons (Fsp3) is 0.111. The van der Waals surface area contributed by atoms with E-state index >= 15 is 0 Å². The fourth-order valence-corrected chi connectivity index (χ4v) is 1.22. The minimum atomic E-state index is 1.04. The van der Waals surface area contributed by atoms with E-state index in [2.05, 4.69) is 42.5 Å². The molecule has 1 aromatic heterocycles. The molecule has 0 saturated carbocycles. The highest BCUT2D eigenvalue weighted by atomic mass is 15.5. The molecule has 0 atom stereocenters. The van der Waals surface area contributed by atoms with Crippen LogP contribution in [0.5, 0.6) is 0 Å². The minimum Gasteiger partial charge on any atom is -0.292 e. The number of aryl methyl sites for hydroxylation is 1. The summed E-state index contributed by atoms with van der Waals surface area (Å²) in [4.78, 5) is 0. The first-order valence-electron chi connectivity index (χ1n) is 4.44. The number of anilines is 1. The highest BCUT2D eigenvalue weighted by molar-refractivity contribution is 6.33. The second kappa shape index (κ2) is 3.53. The van der Waals surface area contributed by atoms with Crippen LogP contribution in [0.2, 0.25) is 0 Å². The summed E-state index contributed by atoms with van der Waals surface area (Å²) in [7, 11) is 2.09. The Hall–Kier alpha value is -1.78. The first-order chi connectivity index (χ1) is 6.75. The summed E-state index contributed by atoms with van der Waals surface area (Å²) in [5, 5.41) is 7.42. The molecule has 5 heteroatoms. The molecule has 0 unspecified atom stereocenters. The monoisotopic (exact) mass is 186 g/mol. The minimum absolute atomic E-state index is 1.04. The molecular formula is C9H11BN4. The molecule has 0 radical (unpaired) electrons. The number of nitrogens with one attached hydrogen (secondary N) is 1. The third-order valence-electron chi connectivity index (χ3n) is 2.18. The highest BCUT2D eigenvalue weighted by Crippen LogP contribution is 2.05. The van der Waals surface area contributed by atoms with Gasteiger partial charge in [0.2, 0.25) is 0 Å². The van der Waals surface area contributed by atoms with Gasteiger partial charge in [-0.1, -0.05) is 17.1 Å². The van der Waals surface area contributed by atoms with E-state index in [9.17, 15) is 0 Å². The number of benzene rings is 1. The van der Waals surface area contributed by atoms with Gasteiger partial charge in [-0.05, 0) is 19.1 Å². The third-order valence-corrected chi connectivity index (χ3v) is 2.18. The van der Waals surface area contributed by atoms with Gasteiger partial charge in [-0.15, -0.1) is 10.2 Å². The average Bonchev–Trinajstić information content (AvgIpc) is 2.64. The van der Waals surface area contributed by atoms with Crippen LogP contribution in [-0.2, 0) is 0 Å². The molecule has 0 aliphatic rings. The lowest BCUT2D eigenvalue weighted by Crippen LogP contribution is -2.11. The van der Waals surface area contributed by atoms with Crippen LogP contribution in [0.4, 0.5) is 5.69 Å². The van der Waals surface area contributed by atoms with E-state index in [1.807, 2.05) is 6.07 Å². The summed E-state index contributed by atoms with van der Waals surface area (Å²) in [5.41, 5.74) is 6.74. The van der Waals surface area contributed by atoms with Gasteiger partial charge in [0, 0.05) is 0 Å². The predicted molar refractivity (Wildman–Crippen MR) is 58.4 cm³/mol. The van der Waals surface area contributed by atoms with Crippen molar-refractivity contribution in [1.29, 1.82) is 0 Å². The van der Waals surface area contributed by atoms with Crippen LogP contribution in [0.1, 0.15) is 5.56 Å². The van der Waals surface area contributed by atoms with Crippen LogP contribution in [0.3, 0.4) is 0 Å². The van der Waals surface area contributed by atoms with Crippen LogP contribution in [-0.4, -0.2) is 22.7 Å². The maximum Gasteiger partial charge on any atom is 0.139 e. The highest BCUT2D eigenvalue weighted by Gasteiger charge is 1.95. The molecule has 0 amide bonds. The van der Waals surface area contributed by atoms with Gasteiger partial charge < -0.3 is 0 Å². The van der Waals surface area contributed by atoms with Gasteiger partial charge in [0.1, 0.15) is 20.5 Å². The van der Waals surface area contributed by atoms with Crippen LogP contribution in [0, 0.1) is 6.92 Å². The molecule has 4 nitrogen and oxygen atoms in total. The Morgan fingerprint density at radius 1 is 1.29 bits per heavy atom. The van der Waals surface area contributed by atoms with Crippen molar-refractivity contribution in [2.75, 3.05) is 5.43 Å². The number of hydrogen-bond donors (Lipinski definition) is 1. The molecule has 14 heavy (non-hydrogen) atoms. The average molecular weight is 186 g/mol. The van der Waals surface area contributed by atoms with Crippen molar-refractivity contribution in [3.63, 3.8) is 0 Å². The van der Waals surface area contributed by atoms with Gasteiger partial charge in [-0.3, -0.25) is 5.43 Å². The van der Waals surface area contributed by atoms with Gasteiger partial charge in [0.15, 0.2) is 0 Å². The predicted octanol–water partition coefficient (Wildman–Crippen LogP) is -0.280. The Morgan fingerprint density at radius 3 is 2.64 bits per heavy atom. The van der Waals surface area contributed by atoms with E-state index in [1.165, 1.54) is 11.0 Å². The largest absolute Gasteiger partial charge is 0.292 e. The second-order valence-corrected chi connectivity index (χ2v) is 3.28. The van der Waals surface area contributed by atoms with Crippen molar-refractivity contribution in [3.8, 4) is 0 Å². The van der Waals surface area contributed by atoms with Crippen molar-refractivity contribution in [2.24, 2.45) is 0 Å². The fourth-order valence-electron chi connectivity index (χ4n) is 1.22. The Balaban J connectivity index is 2.22. The molecule has 2 rings (SSSR count). The van der Waals surface area contributed by atoms with Crippen LogP contribution in [0.25, 0.3) is 0 Å². The molecule has 0 spiro atoms. The van der Waals surface area contributed by atoms with E-state index in [0.29, 0.717) is 0 Å². The third kappa shape index (κ3) is 1.76. The molecule has 0 bridgehead atoms. The zero-order valence-corrected chi connectivity index (χ0v) is 8.23. The van der Waals surface area contributed by atoms with Gasteiger partial charge >= 0.3 is 0 Å². The van der Waals surface area contributed by atoms with Crippen molar-refractivity contribution < 1.29 is 0 Å². The molecule has 2 aromatic rings. The van der Waals surface area contributed by atoms with E-state index in [0.717, 1.165) is 5.69 Å². The lowest BCUT2D eigenvalue weighted by Gasteiger charge is -2.07. The van der Waals surface area contributed by atoms with Crippen molar-refractivity contribution >= 4 is 19.0 Å². The van der Waals surface area contributed by atoms with Crippen LogP contribution >= 0.6 is 0 Å². The van der Waals surface area contributed by atoms with Crippen LogP contribution in [0.15, 0.2) is 30.9 Å². The Labute approximate surface area is 83.4 Å². The first-order valence-corrected chi connectivity index (χ1v) is 4.44. The summed E-state index contributed by atoms with van der Waals surface area (Å²) in [6.07, 6.45) is 3.24. The van der Waals surface area contributed by atoms with E-state index in [1.54, 1.807) is 17.3 Å². The summed E-state index contributed by atoms with van der Waals surface area (Å²) in [6.45, 7) is 2.10. The zero-order chi connectivity index (χ0) is 9.97. The second-order valence-electron chi connectivity index (χ2n) is 3.28. The van der Waals surface area contributed by atoms with Gasteiger partial charge in [0.05, 0.1) is 5.69 Å². The summed E-state index contributed by atoms with van der Waals surface area (Å²) in [6, 6.07) is 6.21. The standard InChI is InChI=1S/C9H11BN4/c1-7-2-3-8(4-9(7)10)13-14-5-11-12-6-14/h2-6,13H,10H2,1H3.